The van der Waals surface area contributed by atoms with Gasteiger partial charge in [-0.05, 0) is 18.1 Å². The van der Waals surface area contributed by atoms with Gasteiger partial charge in [-0.1, -0.05) is 6.92 Å². The van der Waals surface area contributed by atoms with E-state index < -0.39 is 23.7 Å². The minimum atomic E-state index is -1.16. The molecule has 6 heteroatoms. The highest BCUT2D eigenvalue weighted by Gasteiger charge is 2.24. The van der Waals surface area contributed by atoms with Crippen LogP contribution in [0.1, 0.15) is 23.8 Å². The van der Waals surface area contributed by atoms with Crippen LogP contribution in [-0.2, 0) is 4.79 Å². The molecule has 4 N–H and O–H groups in total. The van der Waals surface area contributed by atoms with Crippen molar-refractivity contribution in [3.05, 3.63) is 24.0 Å². The Bertz CT molecular complexity index is 433. The molecule has 1 rings (SSSR count). The molecule has 0 aliphatic rings. The minimum Gasteiger partial charge on any atom is -0.506 e. The van der Waals surface area contributed by atoms with E-state index in [9.17, 15) is 14.7 Å². The highest BCUT2D eigenvalue weighted by Crippen LogP contribution is 2.18. The van der Waals surface area contributed by atoms with Crippen LogP contribution in [0.15, 0.2) is 18.3 Å². The number of nitrogens with two attached hydrogens (primary N) is 1. The summed E-state index contributed by atoms with van der Waals surface area (Å²) in [7, 11) is 0. The number of aliphatic carboxylic acids is 1. The number of carboxylic acid groups (broad SMARTS) is 1. The summed E-state index contributed by atoms with van der Waals surface area (Å²) in [4.78, 5) is 26.1. The van der Waals surface area contributed by atoms with Crippen LogP contribution < -0.4 is 5.73 Å². The summed E-state index contributed by atoms with van der Waals surface area (Å²) in [6.07, 6.45) is 1.31. The van der Waals surface area contributed by atoms with Crippen LogP contribution in [0.3, 0.4) is 0 Å². The number of nitrogens with zero attached hydrogens (tertiary/aromatic N) is 1. The first kappa shape index (κ1) is 13.1. The maximum absolute atomic E-state index is 11.7. The molecule has 0 aliphatic heterocycles. The number of Topliss-reactive ketones (excluding diaryl/α,β-unsaturated/α-hetero) is 1. The average Bonchev–Trinajstić information content (AvgIpc) is 2.28. The second-order valence-electron chi connectivity index (χ2n) is 3.84. The van der Waals surface area contributed by atoms with Gasteiger partial charge in [0, 0.05) is 12.6 Å². The van der Waals surface area contributed by atoms with Gasteiger partial charge in [0.2, 0.25) is 0 Å². The molecule has 0 saturated heterocycles. The fraction of sp³-hybridized carbons (Fsp3) is 0.364. The number of carboxylic acids is 1. The van der Waals surface area contributed by atoms with Crippen molar-refractivity contribution < 1.29 is 19.8 Å². The first-order valence-electron chi connectivity index (χ1n) is 5.09. The van der Waals surface area contributed by atoms with Crippen molar-refractivity contribution in [2.75, 3.05) is 0 Å². The Hall–Kier alpha value is -1.95. The minimum absolute atomic E-state index is 0.0584. The standard InChI is InChI=1S/C11H14N2O4/c1-6(9(12)11(16)17)5-8(15)10-7(14)3-2-4-13-10/h2-4,6,9,14H,5,12H2,1H3,(H,16,17)/t6?,9-/m0/s1. The van der Waals surface area contributed by atoms with Crippen LogP contribution in [-0.4, -0.2) is 33.0 Å². The SMILES string of the molecule is CC(CC(=O)c1ncccc1O)[C@H](N)C(=O)O. The average molecular weight is 238 g/mol. The molecule has 0 radical (unpaired) electrons. The summed E-state index contributed by atoms with van der Waals surface area (Å²) in [6.45, 7) is 1.57. The molecular weight excluding hydrogens is 224 g/mol. The van der Waals surface area contributed by atoms with Crippen LogP contribution in [0.25, 0.3) is 0 Å². The molecule has 0 bridgehead atoms. The molecule has 92 valence electrons. The lowest BCUT2D eigenvalue weighted by Gasteiger charge is -2.14. The van der Waals surface area contributed by atoms with Gasteiger partial charge in [0.25, 0.3) is 0 Å². The molecule has 17 heavy (non-hydrogen) atoms. The molecule has 1 aromatic heterocycles. The zero-order valence-electron chi connectivity index (χ0n) is 9.33. The molecule has 2 atom stereocenters. The third-order valence-corrected chi connectivity index (χ3v) is 2.46. The predicted octanol–water partition coefficient (Wildman–Crippen LogP) is 0.408. The van der Waals surface area contributed by atoms with Crippen molar-refractivity contribution in [1.29, 1.82) is 0 Å². The maximum atomic E-state index is 11.7. The van der Waals surface area contributed by atoms with Crippen molar-refractivity contribution in [2.45, 2.75) is 19.4 Å². The summed E-state index contributed by atoms with van der Waals surface area (Å²) in [5, 5.41) is 18.1. The summed E-state index contributed by atoms with van der Waals surface area (Å²) in [5.41, 5.74) is 5.33. The maximum Gasteiger partial charge on any atom is 0.320 e. The van der Waals surface area contributed by atoms with E-state index in [1.807, 2.05) is 0 Å². The zero-order valence-corrected chi connectivity index (χ0v) is 9.33. The normalized spacial score (nSPS) is 14.0. The van der Waals surface area contributed by atoms with E-state index in [0.29, 0.717) is 0 Å². The number of ketones is 1. The lowest BCUT2D eigenvalue weighted by atomic mass is 9.95. The molecule has 0 saturated carbocycles. The molecule has 0 fully saturated rings. The topological polar surface area (TPSA) is 114 Å². The Balaban J connectivity index is 2.74. The number of carbonyl (C=O) groups is 2. The van der Waals surface area contributed by atoms with Gasteiger partial charge >= 0.3 is 5.97 Å². The largest absolute Gasteiger partial charge is 0.506 e. The Morgan fingerprint density at radius 2 is 2.18 bits per heavy atom. The first-order valence-corrected chi connectivity index (χ1v) is 5.09. The molecule has 0 amide bonds. The second-order valence-corrected chi connectivity index (χ2v) is 3.84. The van der Waals surface area contributed by atoms with Gasteiger partial charge in [-0.15, -0.1) is 0 Å². The van der Waals surface area contributed by atoms with E-state index >= 15 is 0 Å². The van der Waals surface area contributed by atoms with E-state index in [4.69, 9.17) is 10.8 Å². The van der Waals surface area contributed by atoms with Gasteiger partial charge in [0.1, 0.15) is 17.5 Å². The zero-order chi connectivity index (χ0) is 13.0. The Morgan fingerprint density at radius 1 is 1.53 bits per heavy atom. The summed E-state index contributed by atoms with van der Waals surface area (Å²) in [5.74, 6) is -2.32. The highest BCUT2D eigenvalue weighted by molar-refractivity contribution is 5.97. The Kier molecular flexibility index (Phi) is 4.17. The third kappa shape index (κ3) is 3.25. The van der Waals surface area contributed by atoms with E-state index in [-0.39, 0.29) is 17.9 Å². The highest BCUT2D eigenvalue weighted by atomic mass is 16.4. The smallest absolute Gasteiger partial charge is 0.320 e. The van der Waals surface area contributed by atoms with Crippen molar-refractivity contribution in [3.8, 4) is 5.75 Å². The van der Waals surface area contributed by atoms with E-state index in [1.54, 1.807) is 6.92 Å². The van der Waals surface area contributed by atoms with Gasteiger partial charge < -0.3 is 15.9 Å². The van der Waals surface area contributed by atoms with Crippen LogP contribution in [0.4, 0.5) is 0 Å². The van der Waals surface area contributed by atoms with Crippen molar-refractivity contribution in [2.24, 2.45) is 11.7 Å². The molecule has 0 aromatic carbocycles. The summed E-state index contributed by atoms with van der Waals surface area (Å²) < 4.78 is 0. The monoisotopic (exact) mass is 238 g/mol. The predicted molar refractivity (Wildman–Crippen MR) is 59.6 cm³/mol. The molecule has 1 aromatic rings. The number of rotatable bonds is 5. The summed E-state index contributed by atoms with van der Waals surface area (Å²) in [6, 6.07) is 1.74. The number of aromatic hydroxyl groups is 1. The first-order chi connectivity index (χ1) is 7.93. The lowest BCUT2D eigenvalue weighted by molar-refractivity contribution is -0.139. The molecule has 1 unspecified atom stereocenters. The molecular formula is C11H14N2O4. The van der Waals surface area contributed by atoms with Gasteiger partial charge in [-0.3, -0.25) is 9.59 Å². The number of aromatic nitrogens is 1. The van der Waals surface area contributed by atoms with Gasteiger partial charge in [-0.25, -0.2) is 4.98 Å². The van der Waals surface area contributed by atoms with Gasteiger partial charge in [-0.2, -0.15) is 0 Å². The number of hydrogen-bond donors (Lipinski definition) is 3. The van der Waals surface area contributed by atoms with Crippen LogP contribution in [0.2, 0.25) is 0 Å². The number of pyridine rings is 1. The van der Waals surface area contributed by atoms with Crippen molar-refractivity contribution >= 4 is 11.8 Å². The second kappa shape index (κ2) is 5.40. The third-order valence-electron chi connectivity index (χ3n) is 2.46. The van der Waals surface area contributed by atoms with Crippen LogP contribution in [0, 0.1) is 5.92 Å². The van der Waals surface area contributed by atoms with Crippen molar-refractivity contribution in [3.63, 3.8) is 0 Å². The molecule has 6 nitrogen and oxygen atoms in total. The molecule has 0 aliphatic carbocycles. The number of hydrogen-bond acceptors (Lipinski definition) is 5. The Labute approximate surface area is 98.1 Å². The molecule has 1 heterocycles. The fourth-order valence-electron chi connectivity index (χ4n) is 1.37. The van der Waals surface area contributed by atoms with Crippen LogP contribution in [0.5, 0.6) is 5.75 Å². The fourth-order valence-corrected chi connectivity index (χ4v) is 1.37. The lowest BCUT2D eigenvalue weighted by Crippen LogP contribution is -2.37. The van der Waals surface area contributed by atoms with Crippen LogP contribution >= 0.6 is 0 Å². The van der Waals surface area contributed by atoms with Crippen molar-refractivity contribution in [1.82, 2.24) is 4.98 Å². The Morgan fingerprint density at radius 3 is 2.71 bits per heavy atom. The quantitative estimate of drug-likeness (QED) is 0.640. The van der Waals surface area contributed by atoms with Gasteiger partial charge in [0.15, 0.2) is 5.78 Å². The van der Waals surface area contributed by atoms with E-state index in [0.717, 1.165) is 0 Å². The van der Waals surface area contributed by atoms with E-state index in [2.05, 4.69) is 4.98 Å². The van der Waals surface area contributed by atoms with Gasteiger partial charge in [0.05, 0.1) is 0 Å². The number of carbonyl (C=O) groups excluding carboxylic acids is 1. The summed E-state index contributed by atoms with van der Waals surface area (Å²) >= 11 is 0. The van der Waals surface area contributed by atoms with E-state index in [1.165, 1.54) is 18.3 Å². The molecule has 0 spiro atoms.